The van der Waals surface area contributed by atoms with E-state index in [-0.39, 0.29) is 11.7 Å². The lowest BCUT2D eigenvalue weighted by atomic mass is 9.99. The summed E-state index contributed by atoms with van der Waals surface area (Å²) in [5.41, 5.74) is 3.62. The molecule has 0 saturated heterocycles. The van der Waals surface area contributed by atoms with Gasteiger partial charge < -0.3 is 4.90 Å². The average molecular weight is 358 g/mol. The number of sulfonamides is 1. The van der Waals surface area contributed by atoms with Crippen LogP contribution in [-0.4, -0.2) is 38.6 Å². The van der Waals surface area contributed by atoms with Crippen LogP contribution in [0.25, 0.3) is 0 Å². The summed E-state index contributed by atoms with van der Waals surface area (Å²) in [5, 5.41) is 0. The first-order valence-corrected chi connectivity index (χ1v) is 9.96. The highest BCUT2D eigenvalue weighted by atomic mass is 32.2. The van der Waals surface area contributed by atoms with Gasteiger partial charge in [-0.3, -0.25) is 9.10 Å². The molecule has 6 heteroatoms. The molecule has 0 aliphatic carbocycles. The van der Waals surface area contributed by atoms with Crippen molar-refractivity contribution >= 4 is 21.6 Å². The maximum Gasteiger partial charge on any atom is 0.254 e. The van der Waals surface area contributed by atoms with Crippen LogP contribution in [0.5, 0.6) is 0 Å². The van der Waals surface area contributed by atoms with Gasteiger partial charge in [-0.25, -0.2) is 8.42 Å². The lowest BCUT2D eigenvalue weighted by Crippen LogP contribution is -2.36. The first-order valence-electron chi connectivity index (χ1n) is 8.35. The van der Waals surface area contributed by atoms with Crippen molar-refractivity contribution in [3.8, 4) is 0 Å². The van der Waals surface area contributed by atoms with Gasteiger partial charge in [-0.05, 0) is 48.7 Å². The van der Waals surface area contributed by atoms with E-state index in [0.29, 0.717) is 24.3 Å². The van der Waals surface area contributed by atoms with Crippen LogP contribution in [0.15, 0.2) is 48.5 Å². The molecule has 0 bridgehead atoms. The van der Waals surface area contributed by atoms with Crippen molar-refractivity contribution in [2.45, 2.75) is 19.9 Å². The highest BCUT2D eigenvalue weighted by Crippen LogP contribution is 2.22. The predicted molar refractivity (Wildman–Crippen MR) is 99.2 cm³/mol. The lowest BCUT2D eigenvalue weighted by molar-refractivity contribution is 0.0734. The number of fused-ring (bicyclic) bond motifs is 1. The van der Waals surface area contributed by atoms with E-state index in [1.165, 1.54) is 22.5 Å². The van der Waals surface area contributed by atoms with Gasteiger partial charge in [0, 0.05) is 25.7 Å². The number of hydrogen-bond acceptors (Lipinski definition) is 3. The molecule has 0 aromatic heterocycles. The smallest absolute Gasteiger partial charge is 0.254 e. The molecule has 0 fully saturated rings. The largest absolute Gasteiger partial charge is 0.334 e. The SMILES string of the molecule is CCS(=O)(=O)N(C)c1ccc(C(=O)N2CCc3ccccc3C2)cc1. The molecule has 0 unspecified atom stereocenters. The summed E-state index contributed by atoms with van der Waals surface area (Å²) in [6.07, 6.45) is 0.859. The standard InChI is InChI=1S/C19H22N2O3S/c1-3-25(23,24)20(2)18-10-8-16(9-11-18)19(22)21-13-12-15-6-4-5-7-17(15)14-21/h4-11H,3,12-14H2,1-2H3. The summed E-state index contributed by atoms with van der Waals surface area (Å²) in [6.45, 7) is 2.92. The van der Waals surface area contributed by atoms with Crippen LogP contribution in [0.4, 0.5) is 5.69 Å². The normalized spacial score (nSPS) is 14.1. The zero-order chi connectivity index (χ0) is 18.0. The Morgan fingerprint density at radius 1 is 1.08 bits per heavy atom. The molecule has 0 radical (unpaired) electrons. The molecule has 1 aliphatic heterocycles. The number of anilines is 1. The summed E-state index contributed by atoms with van der Waals surface area (Å²) in [5.74, 6) is 0.0132. The number of carbonyl (C=O) groups is 1. The Morgan fingerprint density at radius 3 is 2.36 bits per heavy atom. The molecule has 1 heterocycles. The molecule has 0 atom stereocenters. The Hall–Kier alpha value is -2.34. The first-order chi connectivity index (χ1) is 11.9. The Morgan fingerprint density at radius 2 is 1.72 bits per heavy atom. The van der Waals surface area contributed by atoms with Crippen molar-refractivity contribution in [3.63, 3.8) is 0 Å². The third-order valence-corrected chi connectivity index (χ3v) is 6.45. The van der Waals surface area contributed by atoms with Gasteiger partial charge >= 0.3 is 0 Å². The highest BCUT2D eigenvalue weighted by molar-refractivity contribution is 7.92. The first kappa shape index (κ1) is 17.5. The second-order valence-corrected chi connectivity index (χ2v) is 8.45. The number of benzene rings is 2. The third kappa shape index (κ3) is 3.54. The van der Waals surface area contributed by atoms with Gasteiger partial charge in [-0.15, -0.1) is 0 Å². The number of nitrogens with zero attached hydrogens (tertiary/aromatic N) is 2. The van der Waals surface area contributed by atoms with Crippen molar-refractivity contribution in [2.24, 2.45) is 0 Å². The average Bonchev–Trinajstić information content (AvgIpc) is 2.66. The zero-order valence-corrected chi connectivity index (χ0v) is 15.3. The van der Waals surface area contributed by atoms with E-state index in [1.807, 2.05) is 17.0 Å². The minimum absolute atomic E-state index is 0.0259. The van der Waals surface area contributed by atoms with Gasteiger partial charge in [0.2, 0.25) is 10.0 Å². The van der Waals surface area contributed by atoms with Crippen molar-refractivity contribution in [2.75, 3.05) is 23.7 Å². The van der Waals surface area contributed by atoms with Gasteiger partial charge in [0.1, 0.15) is 0 Å². The van der Waals surface area contributed by atoms with Crippen molar-refractivity contribution in [1.82, 2.24) is 4.90 Å². The van der Waals surface area contributed by atoms with Crippen molar-refractivity contribution < 1.29 is 13.2 Å². The summed E-state index contributed by atoms with van der Waals surface area (Å²) >= 11 is 0. The van der Waals surface area contributed by atoms with Gasteiger partial charge in [0.25, 0.3) is 5.91 Å². The van der Waals surface area contributed by atoms with Crippen molar-refractivity contribution in [1.29, 1.82) is 0 Å². The Balaban J connectivity index is 1.76. The van der Waals surface area contributed by atoms with Gasteiger partial charge in [-0.2, -0.15) is 0 Å². The molecule has 132 valence electrons. The van der Waals surface area contributed by atoms with Crippen LogP contribution in [0.2, 0.25) is 0 Å². The Bertz CT molecular complexity index is 876. The van der Waals surface area contributed by atoms with Crippen LogP contribution >= 0.6 is 0 Å². The molecule has 2 aromatic carbocycles. The van der Waals surface area contributed by atoms with Crippen LogP contribution in [0.3, 0.4) is 0 Å². The highest BCUT2D eigenvalue weighted by Gasteiger charge is 2.22. The molecular formula is C19H22N2O3S. The molecule has 5 nitrogen and oxygen atoms in total. The monoisotopic (exact) mass is 358 g/mol. The molecular weight excluding hydrogens is 336 g/mol. The minimum Gasteiger partial charge on any atom is -0.334 e. The van der Waals surface area contributed by atoms with Crippen LogP contribution < -0.4 is 4.31 Å². The molecule has 2 aromatic rings. The maximum absolute atomic E-state index is 12.7. The fourth-order valence-electron chi connectivity index (χ4n) is 3.02. The molecule has 0 spiro atoms. The number of rotatable bonds is 4. The Labute approximate surface area is 148 Å². The van der Waals surface area contributed by atoms with E-state index in [1.54, 1.807) is 31.2 Å². The van der Waals surface area contributed by atoms with E-state index in [9.17, 15) is 13.2 Å². The van der Waals surface area contributed by atoms with Crippen molar-refractivity contribution in [3.05, 3.63) is 65.2 Å². The van der Waals surface area contributed by atoms with E-state index in [0.717, 1.165) is 6.42 Å². The summed E-state index contributed by atoms with van der Waals surface area (Å²) in [7, 11) is -1.78. The predicted octanol–water partition coefficient (Wildman–Crippen LogP) is 2.67. The second-order valence-electron chi connectivity index (χ2n) is 6.16. The number of amides is 1. The van der Waals surface area contributed by atoms with Gasteiger partial charge in [-0.1, -0.05) is 24.3 Å². The fraction of sp³-hybridized carbons (Fsp3) is 0.316. The second kappa shape index (κ2) is 6.88. The maximum atomic E-state index is 12.7. The fourth-order valence-corrected chi connectivity index (χ4v) is 3.85. The molecule has 3 rings (SSSR count). The topological polar surface area (TPSA) is 57.7 Å². The van der Waals surface area contributed by atoms with E-state index < -0.39 is 10.0 Å². The van der Waals surface area contributed by atoms with Gasteiger partial charge in [0.15, 0.2) is 0 Å². The van der Waals surface area contributed by atoms with E-state index in [4.69, 9.17) is 0 Å². The van der Waals surface area contributed by atoms with Crippen LogP contribution in [-0.2, 0) is 23.0 Å². The molecule has 25 heavy (non-hydrogen) atoms. The lowest BCUT2D eigenvalue weighted by Gasteiger charge is -2.29. The third-order valence-electron chi connectivity index (χ3n) is 4.68. The minimum atomic E-state index is -3.30. The number of carbonyl (C=O) groups excluding carboxylic acids is 1. The quantitative estimate of drug-likeness (QED) is 0.844. The molecule has 1 amide bonds. The van der Waals surface area contributed by atoms with E-state index in [2.05, 4.69) is 12.1 Å². The zero-order valence-electron chi connectivity index (χ0n) is 14.5. The molecule has 1 aliphatic rings. The van der Waals surface area contributed by atoms with Gasteiger partial charge in [0.05, 0.1) is 11.4 Å². The van der Waals surface area contributed by atoms with Crippen LogP contribution in [0, 0.1) is 0 Å². The number of hydrogen-bond donors (Lipinski definition) is 0. The Kier molecular flexibility index (Phi) is 4.81. The molecule has 0 N–H and O–H groups in total. The summed E-state index contributed by atoms with van der Waals surface area (Å²) in [6, 6.07) is 14.9. The van der Waals surface area contributed by atoms with E-state index >= 15 is 0 Å². The molecule has 0 saturated carbocycles. The summed E-state index contributed by atoms with van der Waals surface area (Å²) < 4.78 is 25.1. The summed E-state index contributed by atoms with van der Waals surface area (Å²) in [4.78, 5) is 14.6. The van der Waals surface area contributed by atoms with Crippen LogP contribution in [0.1, 0.15) is 28.4 Å².